The summed E-state index contributed by atoms with van der Waals surface area (Å²) in [5, 5.41) is 0. The van der Waals surface area contributed by atoms with Gasteiger partial charge in [0.1, 0.15) is 0 Å². The highest BCUT2D eigenvalue weighted by Gasteiger charge is 2.25. The second-order valence-corrected chi connectivity index (χ2v) is 5.28. The van der Waals surface area contributed by atoms with Crippen molar-refractivity contribution >= 4 is 0 Å². The molecule has 0 bridgehead atoms. The lowest BCUT2D eigenvalue weighted by atomic mass is 10.2. The lowest BCUT2D eigenvalue weighted by Gasteiger charge is -2.18. The van der Waals surface area contributed by atoms with Gasteiger partial charge in [-0.05, 0) is 17.7 Å². The second kappa shape index (κ2) is 7.08. The average Bonchev–Trinajstić information content (AvgIpc) is 3.33. The summed E-state index contributed by atoms with van der Waals surface area (Å²) >= 11 is 0. The van der Waals surface area contributed by atoms with Crippen molar-refractivity contribution in [2.24, 2.45) is 0 Å². The van der Waals surface area contributed by atoms with Gasteiger partial charge >= 0.3 is 0 Å². The van der Waals surface area contributed by atoms with Crippen molar-refractivity contribution in [3.63, 3.8) is 0 Å². The molecule has 2 aromatic carbocycles. The number of benzene rings is 2. The van der Waals surface area contributed by atoms with Crippen molar-refractivity contribution in [2.75, 3.05) is 19.7 Å². The van der Waals surface area contributed by atoms with Crippen LogP contribution in [0.2, 0.25) is 0 Å². The minimum atomic E-state index is 0.396. The molecule has 0 unspecified atom stereocenters. The van der Waals surface area contributed by atoms with Crippen LogP contribution >= 0.6 is 0 Å². The van der Waals surface area contributed by atoms with Gasteiger partial charge in [0, 0.05) is 18.7 Å². The second-order valence-electron chi connectivity index (χ2n) is 5.28. The molecule has 0 aliphatic carbocycles. The molecule has 1 atom stereocenters. The summed E-state index contributed by atoms with van der Waals surface area (Å²) in [6.45, 7) is 3.53. The van der Waals surface area contributed by atoms with Crippen molar-refractivity contribution in [1.82, 2.24) is 4.90 Å². The molecule has 2 aromatic rings. The number of nitrogens with zero attached hydrogens (tertiary/aromatic N) is 1. The summed E-state index contributed by atoms with van der Waals surface area (Å²) in [6.07, 6.45) is 0.396. The normalized spacial score (nSPS) is 16.3. The predicted octanol–water partition coefficient (Wildman–Crippen LogP) is 2.94. The van der Waals surface area contributed by atoms with E-state index in [9.17, 15) is 0 Å². The first-order valence-corrected chi connectivity index (χ1v) is 7.32. The maximum atomic E-state index is 5.35. The fourth-order valence-electron chi connectivity index (χ4n) is 2.26. The molecule has 1 aliphatic rings. The van der Waals surface area contributed by atoms with Crippen LogP contribution in [0.15, 0.2) is 60.7 Å². The van der Waals surface area contributed by atoms with E-state index in [4.69, 9.17) is 4.74 Å². The lowest BCUT2D eigenvalue weighted by Crippen LogP contribution is -2.28. The fourth-order valence-corrected chi connectivity index (χ4v) is 2.26. The van der Waals surface area contributed by atoms with Gasteiger partial charge in [-0.3, -0.25) is 4.90 Å². The molecule has 2 heteroatoms. The van der Waals surface area contributed by atoms with E-state index < -0.39 is 0 Å². The van der Waals surface area contributed by atoms with Gasteiger partial charge in [0.15, 0.2) is 0 Å². The third kappa shape index (κ3) is 4.75. The van der Waals surface area contributed by atoms with E-state index in [1.165, 1.54) is 5.56 Å². The number of ether oxygens (including phenoxy) is 1. The molecule has 1 fully saturated rings. The Morgan fingerprint density at radius 3 is 2.33 bits per heavy atom. The number of rotatable bonds is 5. The number of hydrogen-bond acceptors (Lipinski definition) is 2. The highest BCUT2D eigenvalue weighted by atomic mass is 16.6. The Kier molecular flexibility index (Phi) is 4.68. The zero-order valence-electron chi connectivity index (χ0n) is 12.0. The van der Waals surface area contributed by atoms with Gasteiger partial charge in [-0.25, -0.2) is 0 Å². The van der Waals surface area contributed by atoms with Crippen LogP contribution in [0, 0.1) is 11.8 Å². The van der Waals surface area contributed by atoms with Crippen LogP contribution < -0.4 is 0 Å². The van der Waals surface area contributed by atoms with Gasteiger partial charge in [0.2, 0.25) is 0 Å². The fraction of sp³-hybridized carbons (Fsp3) is 0.263. The predicted molar refractivity (Wildman–Crippen MR) is 84.8 cm³/mol. The van der Waals surface area contributed by atoms with Crippen molar-refractivity contribution in [2.45, 2.75) is 12.6 Å². The molecule has 0 aromatic heterocycles. The molecule has 0 radical (unpaired) electrons. The average molecular weight is 277 g/mol. The van der Waals surface area contributed by atoms with E-state index >= 15 is 0 Å². The summed E-state index contributed by atoms with van der Waals surface area (Å²) in [5.74, 6) is 6.50. The molecule has 0 amide bonds. The standard InChI is InChI=1S/C19H19NO/c1-3-8-17(9-4-1)12-7-13-20(15-19-16-21-19)14-18-10-5-2-6-11-18/h1-6,8-11,19H,13-16H2/t19-/m1/s1. The van der Waals surface area contributed by atoms with Crippen LogP contribution in [-0.4, -0.2) is 30.7 Å². The zero-order valence-corrected chi connectivity index (χ0v) is 12.0. The Morgan fingerprint density at radius 2 is 1.67 bits per heavy atom. The zero-order chi connectivity index (χ0) is 14.3. The smallest absolute Gasteiger partial charge is 0.0936 e. The molecule has 1 heterocycles. The van der Waals surface area contributed by atoms with Gasteiger partial charge in [-0.1, -0.05) is 60.4 Å². The summed E-state index contributed by atoms with van der Waals surface area (Å²) < 4.78 is 5.35. The lowest BCUT2D eigenvalue weighted by molar-refractivity contribution is 0.259. The molecule has 2 nitrogen and oxygen atoms in total. The van der Waals surface area contributed by atoms with Gasteiger partial charge in [-0.15, -0.1) is 0 Å². The van der Waals surface area contributed by atoms with Crippen molar-refractivity contribution in [3.8, 4) is 11.8 Å². The van der Waals surface area contributed by atoms with Crippen molar-refractivity contribution < 1.29 is 4.74 Å². The highest BCUT2D eigenvalue weighted by Crippen LogP contribution is 2.13. The molecule has 3 rings (SSSR count). The third-order valence-corrected chi connectivity index (χ3v) is 3.42. The van der Waals surface area contributed by atoms with Crippen LogP contribution in [0.25, 0.3) is 0 Å². The molecule has 0 spiro atoms. The monoisotopic (exact) mass is 277 g/mol. The Hall–Kier alpha value is -2.08. The van der Waals surface area contributed by atoms with Crippen LogP contribution in [-0.2, 0) is 11.3 Å². The molecule has 1 aliphatic heterocycles. The third-order valence-electron chi connectivity index (χ3n) is 3.42. The van der Waals surface area contributed by atoms with E-state index in [1.54, 1.807) is 0 Å². The first kappa shape index (κ1) is 13.9. The van der Waals surface area contributed by atoms with Crippen LogP contribution in [0.5, 0.6) is 0 Å². The highest BCUT2D eigenvalue weighted by molar-refractivity contribution is 5.33. The minimum Gasteiger partial charge on any atom is -0.372 e. The largest absolute Gasteiger partial charge is 0.372 e. The molecular weight excluding hydrogens is 258 g/mol. The van der Waals surface area contributed by atoms with E-state index in [0.717, 1.165) is 31.8 Å². The summed E-state index contributed by atoms with van der Waals surface area (Å²) in [4.78, 5) is 2.35. The van der Waals surface area contributed by atoms with E-state index in [0.29, 0.717) is 6.10 Å². The summed E-state index contributed by atoms with van der Waals surface area (Å²) in [6, 6.07) is 20.7. The Balaban J connectivity index is 1.61. The van der Waals surface area contributed by atoms with Crippen LogP contribution in [0.3, 0.4) is 0 Å². The SMILES string of the molecule is C(#Cc1ccccc1)CN(Cc1ccccc1)C[C@@H]1CO1. The van der Waals surface area contributed by atoms with E-state index in [2.05, 4.69) is 41.0 Å². The maximum absolute atomic E-state index is 5.35. The minimum absolute atomic E-state index is 0.396. The first-order valence-electron chi connectivity index (χ1n) is 7.32. The van der Waals surface area contributed by atoms with E-state index in [-0.39, 0.29) is 0 Å². The van der Waals surface area contributed by atoms with Gasteiger partial charge in [0.05, 0.1) is 19.3 Å². The Labute approximate surface area is 126 Å². The molecular formula is C19H19NO. The quantitative estimate of drug-likeness (QED) is 0.617. The first-order chi connectivity index (χ1) is 10.4. The molecule has 21 heavy (non-hydrogen) atoms. The Bertz CT molecular complexity index is 608. The maximum Gasteiger partial charge on any atom is 0.0936 e. The molecule has 0 N–H and O–H groups in total. The summed E-state index contributed by atoms with van der Waals surface area (Å²) in [5.41, 5.74) is 2.39. The van der Waals surface area contributed by atoms with Crippen LogP contribution in [0.4, 0.5) is 0 Å². The van der Waals surface area contributed by atoms with Crippen molar-refractivity contribution in [1.29, 1.82) is 0 Å². The van der Waals surface area contributed by atoms with Gasteiger partial charge < -0.3 is 4.74 Å². The number of epoxide rings is 1. The van der Waals surface area contributed by atoms with E-state index in [1.807, 2.05) is 36.4 Å². The van der Waals surface area contributed by atoms with Crippen molar-refractivity contribution in [3.05, 3.63) is 71.8 Å². The molecule has 1 saturated heterocycles. The Morgan fingerprint density at radius 1 is 1.00 bits per heavy atom. The number of hydrogen-bond donors (Lipinski definition) is 0. The molecule has 0 saturated carbocycles. The molecule has 106 valence electrons. The summed E-state index contributed by atoms with van der Waals surface area (Å²) in [7, 11) is 0. The van der Waals surface area contributed by atoms with Gasteiger partial charge in [0.25, 0.3) is 0 Å². The topological polar surface area (TPSA) is 15.8 Å². The van der Waals surface area contributed by atoms with Crippen LogP contribution in [0.1, 0.15) is 11.1 Å². The van der Waals surface area contributed by atoms with Gasteiger partial charge in [-0.2, -0.15) is 0 Å².